The third kappa shape index (κ3) is 5.68. The minimum absolute atomic E-state index is 0.347. The average molecular weight is 290 g/mol. The Kier molecular flexibility index (Phi) is 6.52. The average Bonchev–Trinajstić information content (AvgIpc) is 3.01. The van der Waals surface area contributed by atoms with Gasteiger partial charge in [0, 0.05) is 25.2 Å². The molecule has 118 valence electrons. The van der Waals surface area contributed by atoms with E-state index in [0.717, 1.165) is 32.0 Å². The minimum Gasteiger partial charge on any atom is -0.508 e. The fourth-order valence-corrected chi connectivity index (χ4v) is 3.16. The van der Waals surface area contributed by atoms with E-state index in [0.29, 0.717) is 11.8 Å². The molecule has 0 spiro atoms. The Morgan fingerprint density at radius 1 is 1.24 bits per heavy atom. The Morgan fingerprint density at radius 3 is 2.57 bits per heavy atom. The van der Waals surface area contributed by atoms with Crippen LogP contribution in [0.2, 0.25) is 0 Å². The first-order chi connectivity index (χ1) is 10.1. The number of benzene rings is 1. The summed E-state index contributed by atoms with van der Waals surface area (Å²) in [6.07, 6.45) is 7.78. The number of nitrogens with zero attached hydrogens (tertiary/aromatic N) is 1. The zero-order valence-electron chi connectivity index (χ0n) is 13.5. The first-order valence-corrected chi connectivity index (χ1v) is 8.36. The van der Waals surface area contributed by atoms with Crippen LogP contribution in [0.4, 0.5) is 0 Å². The molecule has 1 atom stereocenters. The summed E-state index contributed by atoms with van der Waals surface area (Å²) >= 11 is 0. The molecule has 0 radical (unpaired) electrons. The Morgan fingerprint density at radius 2 is 1.90 bits per heavy atom. The van der Waals surface area contributed by atoms with Gasteiger partial charge in [-0.2, -0.15) is 0 Å². The molecule has 21 heavy (non-hydrogen) atoms. The van der Waals surface area contributed by atoms with E-state index in [1.165, 1.54) is 31.2 Å². The molecule has 1 fully saturated rings. The van der Waals surface area contributed by atoms with Gasteiger partial charge in [-0.15, -0.1) is 0 Å². The molecule has 2 N–H and O–H groups in total. The summed E-state index contributed by atoms with van der Waals surface area (Å²) < 4.78 is 0. The maximum absolute atomic E-state index is 9.28. The Balaban J connectivity index is 1.58. The Labute approximate surface area is 129 Å². The van der Waals surface area contributed by atoms with E-state index in [9.17, 15) is 5.11 Å². The van der Waals surface area contributed by atoms with Crippen molar-refractivity contribution in [1.82, 2.24) is 10.2 Å². The molecular weight excluding hydrogens is 260 g/mol. The van der Waals surface area contributed by atoms with Crippen LogP contribution in [0, 0.1) is 0 Å². The van der Waals surface area contributed by atoms with Gasteiger partial charge in [-0.25, -0.2) is 0 Å². The number of hydrogen-bond acceptors (Lipinski definition) is 3. The Hall–Kier alpha value is -1.06. The van der Waals surface area contributed by atoms with E-state index in [4.69, 9.17) is 0 Å². The molecule has 0 saturated heterocycles. The lowest BCUT2D eigenvalue weighted by molar-refractivity contribution is 0.242. The molecule has 0 amide bonds. The highest BCUT2D eigenvalue weighted by Gasteiger charge is 2.18. The highest BCUT2D eigenvalue weighted by Crippen LogP contribution is 2.21. The van der Waals surface area contributed by atoms with Crippen molar-refractivity contribution in [2.45, 2.75) is 57.5 Å². The van der Waals surface area contributed by atoms with E-state index in [2.05, 4.69) is 24.2 Å². The van der Waals surface area contributed by atoms with Crippen molar-refractivity contribution in [3.8, 4) is 5.75 Å². The zero-order chi connectivity index (χ0) is 15.1. The molecule has 1 unspecified atom stereocenters. The standard InChI is InChI=1S/C18H30N2O/c1-15(7-8-16-9-11-18(21)12-10-16)19-13-14-20(2)17-5-3-4-6-17/h9-12,15,17,19,21H,3-8,13-14H2,1-2H3. The number of hydrogen-bond donors (Lipinski definition) is 2. The van der Waals surface area contributed by atoms with Crippen molar-refractivity contribution in [3.05, 3.63) is 29.8 Å². The van der Waals surface area contributed by atoms with Gasteiger partial charge >= 0.3 is 0 Å². The van der Waals surface area contributed by atoms with E-state index in [-0.39, 0.29) is 0 Å². The van der Waals surface area contributed by atoms with Crippen molar-refractivity contribution in [2.75, 3.05) is 20.1 Å². The van der Waals surface area contributed by atoms with Crippen LogP contribution >= 0.6 is 0 Å². The van der Waals surface area contributed by atoms with Crippen LogP contribution in [0.1, 0.15) is 44.6 Å². The predicted molar refractivity (Wildman–Crippen MR) is 88.8 cm³/mol. The topological polar surface area (TPSA) is 35.5 Å². The normalized spacial score (nSPS) is 17.5. The van der Waals surface area contributed by atoms with Gasteiger partial charge < -0.3 is 15.3 Å². The minimum atomic E-state index is 0.347. The maximum Gasteiger partial charge on any atom is 0.115 e. The van der Waals surface area contributed by atoms with Crippen LogP contribution in [0.5, 0.6) is 5.75 Å². The third-order valence-corrected chi connectivity index (χ3v) is 4.71. The molecule has 0 aromatic heterocycles. The van der Waals surface area contributed by atoms with Crippen LogP contribution in [0.25, 0.3) is 0 Å². The van der Waals surface area contributed by atoms with Crippen LogP contribution in [0.3, 0.4) is 0 Å². The van der Waals surface area contributed by atoms with Crippen LogP contribution in [-0.2, 0) is 6.42 Å². The molecule has 0 heterocycles. The van der Waals surface area contributed by atoms with Gasteiger partial charge in [-0.3, -0.25) is 0 Å². The summed E-state index contributed by atoms with van der Waals surface area (Å²) in [6, 6.07) is 8.91. The van der Waals surface area contributed by atoms with Crippen LogP contribution < -0.4 is 5.32 Å². The predicted octanol–water partition coefficient (Wildman–Crippen LogP) is 3.18. The molecule has 1 aromatic carbocycles. The SMILES string of the molecule is CC(CCc1ccc(O)cc1)NCCN(C)C1CCCC1. The number of aryl methyl sites for hydroxylation is 1. The van der Waals surface area contributed by atoms with E-state index < -0.39 is 0 Å². The van der Waals surface area contributed by atoms with Gasteiger partial charge in [0.2, 0.25) is 0 Å². The second-order valence-electron chi connectivity index (χ2n) is 6.48. The van der Waals surface area contributed by atoms with Crippen LogP contribution in [-0.4, -0.2) is 42.2 Å². The summed E-state index contributed by atoms with van der Waals surface area (Å²) in [4.78, 5) is 2.52. The third-order valence-electron chi connectivity index (χ3n) is 4.71. The highest BCUT2D eigenvalue weighted by atomic mass is 16.3. The largest absolute Gasteiger partial charge is 0.508 e. The maximum atomic E-state index is 9.28. The molecule has 1 saturated carbocycles. The second-order valence-corrected chi connectivity index (χ2v) is 6.48. The molecule has 0 bridgehead atoms. The smallest absolute Gasteiger partial charge is 0.115 e. The summed E-state index contributed by atoms with van der Waals surface area (Å²) in [5, 5.41) is 12.9. The fourth-order valence-electron chi connectivity index (χ4n) is 3.16. The first kappa shape index (κ1) is 16.3. The van der Waals surface area contributed by atoms with Gasteiger partial charge in [-0.05, 0) is 57.4 Å². The number of likely N-dealkylation sites (N-methyl/N-ethyl adjacent to an activating group) is 1. The van der Waals surface area contributed by atoms with Crippen molar-refractivity contribution in [3.63, 3.8) is 0 Å². The molecule has 1 aliphatic carbocycles. The molecule has 0 aliphatic heterocycles. The van der Waals surface area contributed by atoms with Gasteiger partial charge in [0.25, 0.3) is 0 Å². The number of phenolic OH excluding ortho intramolecular Hbond substituents is 1. The van der Waals surface area contributed by atoms with Crippen molar-refractivity contribution < 1.29 is 5.11 Å². The van der Waals surface area contributed by atoms with Gasteiger partial charge in [-0.1, -0.05) is 25.0 Å². The molecule has 3 heteroatoms. The quantitative estimate of drug-likeness (QED) is 0.772. The number of nitrogens with one attached hydrogen (secondary N) is 1. The van der Waals surface area contributed by atoms with E-state index >= 15 is 0 Å². The summed E-state index contributed by atoms with van der Waals surface area (Å²) in [5.74, 6) is 0.347. The van der Waals surface area contributed by atoms with Gasteiger partial charge in [0.05, 0.1) is 0 Å². The summed E-state index contributed by atoms with van der Waals surface area (Å²) in [7, 11) is 2.26. The molecule has 1 aromatic rings. The first-order valence-electron chi connectivity index (χ1n) is 8.36. The van der Waals surface area contributed by atoms with Gasteiger partial charge in [0.1, 0.15) is 5.75 Å². The van der Waals surface area contributed by atoms with Gasteiger partial charge in [0.15, 0.2) is 0 Å². The number of rotatable bonds is 8. The van der Waals surface area contributed by atoms with Crippen molar-refractivity contribution in [1.29, 1.82) is 0 Å². The lowest BCUT2D eigenvalue weighted by Crippen LogP contribution is -2.38. The number of phenols is 1. The lowest BCUT2D eigenvalue weighted by atomic mass is 10.1. The zero-order valence-corrected chi connectivity index (χ0v) is 13.5. The highest BCUT2D eigenvalue weighted by molar-refractivity contribution is 5.25. The molecular formula is C18H30N2O. The van der Waals surface area contributed by atoms with Crippen LogP contribution in [0.15, 0.2) is 24.3 Å². The monoisotopic (exact) mass is 290 g/mol. The molecule has 3 nitrogen and oxygen atoms in total. The van der Waals surface area contributed by atoms with Crippen molar-refractivity contribution >= 4 is 0 Å². The summed E-state index contributed by atoms with van der Waals surface area (Å²) in [5.41, 5.74) is 1.30. The number of aromatic hydroxyl groups is 1. The fraction of sp³-hybridized carbons (Fsp3) is 0.667. The molecule has 1 aliphatic rings. The summed E-state index contributed by atoms with van der Waals surface area (Å²) in [6.45, 7) is 4.48. The Bertz CT molecular complexity index is 398. The molecule has 2 rings (SSSR count). The van der Waals surface area contributed by atoms with Crippen molar-refractivity contribution in [2.24, 2.45) is 0 Å². The lowest BCUT2D eigenvalue weighted by Gasteiger charge is -2.25. The van der Waals surface area contributed by atoms with E-state index in [1.807, 2.05) is 12.1 Å². The second kappa shape index (κ2) is 8.40. The van der Waals surface area contributed by atoms with E-state index in [1.54, 1.807) is 12.1 Å².